The van der Waals surface area contributed by atoms with Crippen molar-refractivity contribution in [2.24, 2.45) is 0 Å². The Kier molecular flexibility index (Phi) is 4.68. The molecule has 0 aromatic heterocycles. The number of carbonyl (C=O) groups is 1. The fourth-order valence-corrected chi connectivity index (χ4v) is 1.46. The van der Waals surface area contributed by atoms with E-state index in [1.54, 1.807) is 7.05 Å². The maximum absolute atomic E-state index is 12.9. The van der Waals surface area contributed by atoms with Crippen LogP contribution in [0.5, 0.6) is 0 Å². The van der Waals surface area contributed by atoms with Crippen molar-refractivity contribution in [2.75, 3.05) is 19.5 Å². The fraction of sp³-hybridized carbons (Fsp3) is 0.364. The van der Waals surface area contributed by atoms with Crippen LogP contribution in [0.3, 0.4) is 0 Å². The molecule has 1 amide bonds. The van der Waals surface area contributed by atoms with Gasteiger partial charge in [-0.05, 0) is 17.7 Å². The van der Waals surface area contributed by atoms with Gasteiger partial charge in [0.1, 0.15) is 0 Å². The summed E-state index contributed by atoms with van der Waals surface area (Å²) in [6, 6.07) is 3.44. The Labute approximate surface area is 97.8 Å². The van der Waals surface area contributed by atoms with Crippen molar-refractivity contribution in [1.29, 1.82) is 0 Å². The molecule has 16 heavy (non-hydrogen) atoms. The molecular formula is C11H12ClF2NO. The molecule has 0 aliphatic rings. The zero-order valence-corrected chi connectivity index (χ0v) is 9.60. The molecule has 0 N–H and O–H groups in total. The van der Waals surface area contributed by atoms with Gasteiger partial charge in [0.2, 0.25) is 5.91 Å². The molecule has 0 bridgehead atoms. The first-order chi connectivity index (χ1) is 7.54. The average molecular weight is 248 g/mol. The summed E-state index contributed by atoms with van der Waals surface area (Å²) in [6.07, 6.45) is 0.0462. The van der Waals surface area contributed by atoms with Crippen molar-refractivity contribution in [3.05, 3.63) is 35.4 Å². The molecule has 0 atom stereocenters. The Morgan fingerprint density at radius 2 is 2.06 bits per heavy atom. The van der Waals surface area contributed by atoms with Crippen molar-refractivity contribution < 1.29 is 13.6 Å². The number of hydrogen-bond acceptors (Lipinski definition) is 1. The Morgan fingerprint density at radius 3 is 2.62 bits per heavy atom. The topological polar surface area (TPSA) is 20.3 Å². The normalized spacial score (nSPS) is 10.2. The number of hydrogen-bond donors (Lipinski definition) is 0. The molecule has 0 aliphatic carbocycles. The quantitative estimate of drug-likeness (QED) is 0.747. The van der Waals surface area contributed by atoms with Crippen LogP contribution in [0.4, 0.5) is 8.78 Å². The van der Waals surface area contributed by atoms with Crippen LogP contribution in [0.25, 0.3) is 0 Å². The second-order valence-electron chi connectivity index (χ2n) is 3.43. The predicted molar refractivity (Wildman–Crippen MR) is 58.4 cm³/mol. The summed E-state index contributed by atoms with van der Waals surface area (Å²) >= 11 is 5.49. The smallest absolute Gasteiger partial charge is 0.226 e. The summed E-state index contributed by atoms with van der Waals surface area (Å²) in [5.74, 6) is -1.68. The van der Waals surface area contributed by atoms with Crippen LogP contribution in [0.15, 0.2) is 18.2 Å². The molecule has 5 heteroatoms. The highest BCUT2D eigenvalue weighted by atomic mass is 35.5. The molecular weight excluding hydrogens is 236 g/mol. The van der Waals surface area contributed by atoms with Crippen molar-refractivity contribution in [3.63, 3.8) is 0 Å². The third kappa shape index (κ3) is 3.45. The fourth-order valence-electron chi connectivity index (χ4n) is 1.21. The van der Waals surface area contributed by atoms with Gasteiger partial charge < -0.3 is 4.90 Å². The van der Waals surface area contributed by atoms with Crippen molar-refractivity contribution in [3.8, 4) is 0 Å². The van der Waals surface area contributed by atoms with Crippen LogP contribution < -0.4 is 0 Å². The van der Waals surface area contributed by atoms with Crippen LogP contribution in [0, 0.1) is 11.6 Å². The van der Waals surface area contributed by atoms with E-state index in [0.717, 1.165) is 12.1 Å². The number of alkyl halides is 1. The minimum Gasteiger partial charge on any atom is -0.344 e. The second kappa shape index (κ2) is 5.80. The van der Waals surface area contributed by atoms with E-state index >= 15 is 0 Å². The van der Waals surface area contributed by atoms with E-state index in [-0.39, 0.29) is 12.3 Å². The summed E-state index contributed by atoms with van der Waals surface area (Å²) in [6.45, 7) is 0.435. The monoisotopic (exact) mass is 247 g/mol. The molecule has 1 aromatic rings. The first kappa shape index (κ1) is 12.9. The Morgan fingerprint density at radius 1 is 1.38 bits per heavy atom. The maximum atomic E-state index is 12.9. The first-order valence-electron chi connectivity index (χ1n) is 4.78. The minimum absolute atomic E-state index is 0.0462. The third-order valence-electron chi connectivity index (χ3n) is 2.19. The summed E-state index contributed by atoms with van der Waals surface area (Å²) < 4.78 is 25.5. The van der Waals surface area contributed by atoms with Gasteiger partial charge in [0, 0.05) is 19.5 Å². The molecule has 1 aromatic carbocycles. The maximum Gasteiger partial charge on any atom is 0.226 e. The van der Waals surface area contributed by atoms with Crippen LogP contribution in [0.2, 0.25) is 0 Å². The van der Waals surface area contributed by atoms with E-state index in [2.05, 4.69) is 0 Å². The van der Waals surface area contributed by atoms with E-state index in [9.17, 15) is 13.6 Å². The minimum atomic E-state index is -0.940. The summed E-state index contributed by atoms with van der Waals surface area (Å²) in [5.41, 5.74) is 0.449. The summed E-state index contributed by atoms with van der Waals surface area (Å²) in [7, 11) is 1.62. The van der Waals surface area contributed by atoms with Crippen LogP contribution >= 0.6 is 11.6 Å². The molecule has 0 spiro atoms. The van der Waals surface area contributed by atoms with E-state index in [1.165, 1.54) is 11.0 Å². The van der Waals surface area contributed by atoms with Gasteiger partial charge in [0.25, 0.3) is 0 Å². The van der Waals surface area contributed by atoms with E-state index in [4.69, 9.17) is 11.6 Å². The highest BCUT2D eigenvalue weighted by Gasteiger charge is 2.10. The number of rotatable bonds is 4. The lowest BCUT2D eigenvalue weighted by molar-refractivity contribution is -0.128. The van der Waals surface area contributed by atoms with Gasteiger partial charge in [-0.2, -0.15) is 0 Å². The molecule has 1 rings (SSSR count). The zero-order valence-electron chi connectivity index (χ0n) is 8.84. The van der Waals surface area contributed by atoms with E-state index in [0.29, 0.717) is 18.0 Å². The molecule has 0 saturated heterocycles. The lowest BCUT2D eigenvalue weighted by Gasteiger charge is -2.15. The third-order valence-corrected chi connectivity index (χ3v) is 2.35. The number of halogens is 3. The van der Waals surface area contributed by atoms with E-state index < -0.39 is 11.6 Å². The van der Waals surface area contributed by atoms with Gasteiger partial charge in [0.05, 0.1) is 6.42 Å². The van der Waals surface area contributed by atoms with Gasteiger partial charge in [-0.25, -0.2) is 8.78 Å². The first-order valence-corrected chi connectivity index (χ1v) is 5.32. The van der Waals surface area contributed by atoms with Gasteiger partial charge in [-0.15, -0.1) is 11.6 Å². The van der Waals surface area contributed by atoms with Crippen LogP contribution in [-0.2, 0) is 11.2 Å². The molecule has 0 saturated carbocycles. The van der Waals surface area contributed by atoms with Crippen LogP contribution in [0.1, 0.15) is 5.56 Å². The Hall–Kier alpha value is -1.16. The lowest BCUT2D eigenvalue weighted by Crippen LogP contribution is -2.29. The lowest BCUT2D eigenvalue weighted by atomic mass is 10.1. The molecule has 0 unspecified atom stereocenters. The largest absolute Gasteiger partial charge is 0.344 e. The Balaban J connectivity index is 2.66. The SMILES string of the molecule is CN(CCCl)C(=O)Cc1ccc(F)c(F)c1. The number of carbonyl (C=O) groups excluding carboxylic acids is 1. The highest BCUT2D eigenvalue weighted by Crippen LogP contribution is 2.10. The summed E-state index contributed by atoms with van der Waals surface area (Å²) in [4.78, 5) is 13.0. The molecule has 0 heterocycles. The number of amides is 1. The standard InChI is InChI=1S/C11H12ClF2NO/c1-15(5-4-12)11(16)7-8-2-3-9(13)10(14)6-8/h2-3,6H,4-5,7H2,1H3. The molecule has 0 radical (unpaired) electrons. The number of benzene rings is 1. The average Bonchev–Trinajstić information content (AvgIpc) is 2.24. The van der Waals surface area contributed by atoms with Crippen molar-refractivity contribution in [1.82, 2.24) is 4.90 Å². The summed E-state index contributed by atoms with van der Waals surface area (Å²) in [5, 5.41) is 0. The number of likely N-dealkylation sites (N-methyl/N-ethyl adjacent to an activating group) is 1. The van der Waals surface area contributed by atoms with Gasteiger partial charge in [0.15, 0.2) is 11.6 Å². The van der Waals surface area contributed by atoms with Gasteiger partial charge >= 0.3 is 0 Å². The van der Waals surface area contributed by atoms with Gasteiger partial charge in [-0.3, -0.25) is 4.79 Å². The Bertz CT molecular complexity index is 384. The highest BCUT2D eigenvalue weighted by molar-refractivity contribution is 6.18. The predicted octanol–water partition coefficient (Wildman–Crippen LogP) is 2.20. The van der Waals surface area contributed by atoms with Crippen LogP contribution in [-0.4, -0.2) is 30.3 Å². The molecule has 2 nitrogen and oxygen atoms in total. The molecule has 0 fully saturated rings. The van der Waals surface area contributed by atoms with Crippen molar-refractivity contribution in [2.45, 2.75) is 6.42 Å². The second-order valence-corrected chi connectivity index (χ2v) is 3.81. The number of nitrogens with zero attached hydrogens (tertiary/aromatic N) is 1. The molecule has 0 aliphatic heterocycles. The van der Waals surface area contributed by atoms with E-state index in [1.807, 2.05) is 0 Å². The van der Waals surface area contributed by atoms with Gasteiger partial charge in [-0.1, -0.05) is 6.07 Å². The zero-order chi connectivity index (χ0) is 12.1. The molecule has 88 valence electrons. The van der Waals surface area contributed by atoms with Crippen molar-refractivity contribution >= 4 is 17.5 Å².